The number of hydrogen-bond acceptors (Lipinski definition) is 8. The molecular weight excluding hydrogens is 424 g/mol. The monoisotopic (exact) mass is 424 g/mol. The van der Waals surface area contributed by atoms with Crippen LogP contribution >= 0.6 is 66.3 Å². The summed E-state index contributed by atoms with van der Waals surface area (Å²) in [6.07, 6.45) is 1.71. The highest BCUT2D eigenvalue weighted by molar-refractivity contribution is 9.13. The summed E-state index contributed by atoms with van der Waals surface area (Å²) < 4.78 is 4.17. The molecule has 0 saturated heterocycles. The normalized spacial score (nSPS) is 11.0. The molecule has 18 heavy (non-hydrogen) atoms. The molecule has 92 valence electrons. The van der Waals surface area contributed by atoms with E-state index in [1.165, 1.54) is 34.4 Å². The molecular formula is C7H2Br2N6S3. The van der Waals surface area contributed by atoms with Crippen LogP contribution in [0.3, 0.4) is 0 Å². The van der Waals surface area contributed by atoms with Crippen molar-refractivity contribution in [3.05, 3.63) is 20.0 Å². The fourth-order valence-corrected chi connectivity index (χ4v) is 4.88. The van der Waals surface area contributed by atoms with E-state index < -0.39 is 0 Å². The summed E-state index contributed by atoms with van der Waals surface area (Å²) in [5.74, 6) is 0. The van der Waals surface area contributed by atoms with Gasteiger partial charge in [0.2, 0.25) is 10.3 Å². The number of rotatable bonds is 3. The lowest BCUT2D eigenvalue weighted by atomic mass is 11.0. The largest absolute Gasteiger partial charge is 0.227 e. The number of halogens is 2. The van der Waals surface area contributed by atoms with Crippen molar-refractivity contribution < 1.29 is 0 Å². The smallest absolute Gasteiger partial charge is 0.223 e. The van der Waals surface area contributed by atoms with Crippen molar-refractivity contribution in [1.82, 2.24) is 30.2 Å². The van der Waals surface area contributed by atoms with Gasteiger partial charge in [0, 0.05) is 11.6 Å². The lowest BCUT2D eigenvalue weighted by Gasteiger charge is -1.96. The quantitative estimate of drug-likeness (QED) is 0.641. The van der Waals surface area contributed by atoms with Crippen LogP contribution in [0, 0.1) is 0 Å². The van der Waals surface area contributed by atoms with E-state index in [1.807, 2.05) is 5.38 Å². The van der Waals surface area contributed by atoms with Crippen LogP contribution in [-0.4, -0.2) is 30.2 Å². The minimum absolute atomic E-state index is 0.638. The average Bonchev–Trinajstić information content (AvgIpc) is 3.01. The molecule has 3 aromatic rings. The van der Waals surface area contributed by atoms with Gasteiger partial charge >= 0.3 is 0 Å². The minimum Gasteiger partial charge on any atom is -0.227 e. The van der Waals surface area contributed by atoms with Gasteiger partial charge in [0.1, 0.15) is 8.39 Å². The molecule has 0 aliphatic rings. The zero-order valence-electron chi connectivity index (χ0n) is 8.32. The fraction of sp³-hybridized carbons (Fsp3) is 0. The Balaban J connectivity index is 1.92. The van der Waals surface area contributed by atoms with Crippen molar-refractivity contribution in [2.24, 2.45) is 0 Å². The second-order valence-electron chi connectivity index (χ2n) is 2.83. The Labute approximate surface area is 130 Å². The molecule has 3 heterocycles. The van der Waals surface area contributed by atoms with Gasteiger partial charge in [0.25, 0.3) is 0 Å². The van der Waals surface area contributed by atoms with Gasteiger partial charge in [-0.3, -0.25) is 0 Å². The molecule has 0 N–H and O–H groups in total. The molecule has 0 fully saturated rings. The molecule has 0 aliphatic heterocycles. The van der Waals surface area contributed by atoms with Gasteiger partial charge in [-0.15, -0.1) is 16.4 Å². The number of hydrogen-bond donors (Lipinski definition) is 0. The maximum atomic E-state index is 4.33. The molecule has 0 atom stereocenters. The molecule has 0 amide bonds. The first kappa shape index (κ1) is 12.7. The zero-order chi connectivity index (χ0) is 12.5. The molecule has 0 unspecified atom stereocenters. The molecule has 0 radical (unpaired) electrons. The van der Waals surface area contributed by atoms with Crippen molar-refractivity contribution >= 4 is 66.3 Å². The van der Waals surface area contributed by atoms with Gasteiger partial charge in [-0.05, 0) is 54.0 Å². The number of aromatic nitrogens is 6. The molecule has 6 nitrogen and oxygen atoms in total. The van der Waals surface area contributed by atoms with Crippen molar-refractivity contribution in [3.8, 4) is 5.13 Å². The summed E-state index contributed by atoms with van der Waals surface area (Å²) >= 11 is 11.1. The van der Waals surface area contributed by atoms with Crippen LogP contribution in [0.1, 0.15) is 0 Å². The van der Waals surface area contributed by atoms with Crippen LogP contribution < -0.4 is 0 Å². The Hall–Kier alpha value is -0.360. The lowest BCUT2D eigenvalue weighted by molar-refractivity contribution is 0.750. The highest BCUT2D eigenvalue weighted by Crippen LogP contribution is 2.37. The summed E-state index contributed by atoms with van der Waals surface area (Å²) in [7, 11) is 0. The van der Waals surface area contributed by atoms with Crippen molar-refractivity contribution in [2.45, 2.75) is 9.50 Å². The minimum atomic E-state index is 0.638. The van der Waals surface area contributed by atoms with Crippen molar-refractivity contribution in [1.29, 1.82) is 0 Å². The molecule has 0 bridgehead atoms. The van der Waals surface area contributed by atoms with Crippen molar-refractivity contribution in [2.75, 3.05) is 0 Å². The summed E-state index contributed by atoms with van der Waals surface area (Å²) in [5, 5.41) is 14.8. The third-order valence-electron chi connectivity index (χ3n) is 1.75. The number of tetrazole rings is 1. The maximum Gasteiger partial charge on any atom is 0.223 e. The second kappa shape index (κ2) is 5.33. The third-order valence-corrected chi connectivity index (χ3v) is 6.57. The van der Waals surface area contributed by atoms with E-state index in [4.69, 9.17) is 0 Å². The van der Waals surface area contributed by atoms with E-state index in [0.29, 0.717) is 5.16 Å². The summed E-state index contributed by atoms with van der Waals surface area (Å²) in [4.78, 5) is 8.51. The Kier molecular flexibility index (Phi) is 3.75. The van der Waals surface area contributed by atoms with Gasteiger partial charge in [-0.1, -0.05) is 11.3 Å². The van der Waals surface area contributed by atoms with Gasteiger partial charge in [0.15, 0.2) is 4.34 Å². The first-order valence-electron chi connectivity index (χ1n) is 4.42. The van der Waals surface area contributed by atoms with Crippen LogP contribution in [0.25, 0.3) is 5.13 Å². The average molecular weight is 426 g/mol. The highest BCUT2D eigenvalue weighted by Gasteiger charge is 2.15. The fourth-order valence-electron chi connectivity index (χ4n) is 1.07. The Bertz CT molecular complexity index is 643. The Morgan fingerprint density at radius 3 is 2.89 bits per heavy atom. The molecule has 11 heteroatoms. The van der Waals surface area contributed by atoms with Gasteiger partial charge in [0.05, 0.1) is 0 Å². The van der Waals surface area contributed by atoms with E-state index in [-0.39, 0.29) is 0 Å². The van der Waals surface area contributed by atoms with Crippen LogP contribution in [-0.2, 0) is 0 Å². The standard InChI is InChI=1S/C7H2Br2N6S3/c8-3-4(9)17-7(11-3)18-6-12-13-14-15(6)5-10-1-2-16-5/h1-2H. The van der Waals surface area contributed by atoms with Gasteiger partial charge < -0.3 is 0 Å². The maximum absolute atomic E-state index is 4.33. The van der Waals surface area contributed by atoms with E-state index >= 15 is 0 Å². The number of nitrogens with zero attached hydrogens (tertiary/aromatic N) is 6. The highest BCUT2D eigenvalue weighted by atomic mass is 79.9. The molecule has 3 aromatic heterocycles. The topological polar surface area (TPSA) is 69.4 Å². The summed E-state index contributed by atoms with van der Waals surface area (Å²) in [5.41, 5.74) is 0. The van der Waals surface area contributed by atoms with E-state index in [0.717, 1.165) is 17.9 Å². The Morgan fingerprint density at radius 2 is 2.22 bits per heavy atom. The van der Waals surface area contributed by atoms with Crippen LogP contribution in [0.4, 0.5) is 0 Å². The molecule has 0 aliphatic carbocycles. The molecule has 0 spiro atoms. The Morgan fingerprint density at radius 1 is 1.33 bits per heavy atom. The van der Waals surface area contributed by atoms with Crippen LogP contribution in [0.15, 0.2) is 29.5 Å². The lowest BCUT2D eigenvalue weighted by Crippen LogP contribution is -1.97. The van der Waals surface area contributed by atoms with Gasteiger partial charge in [-0.25, -0.2) is 9.97 Å². The van der Waals surface area contributed by atoms with E-state index in [2.05, 4.69) is 57.4 Å². The first-order chi connectivity index (χ1) is 8.74. The van der Waals surface area contributed by atoms with Gasteiger partial charge in [-0.2, -0.15) is 4.68 Å². The van der Waals surface area contributed by atoms with Crippen molar-refractivity contribution in [3.63, 3.8) is 0 Å². The predicted molar refractivity (Wildman–Crippen MR) is 76.5 cm³/mol. The third kappa shape index (κ3) is 2.50. The molecule has 0 saturated carbocycles. The first-order valence-corrected chi connectivity index (χ1v) is 8.52. The second-order valence-corrected chi connectivity index (χ2v) is 7.99. The van der Waals surface area contributed by atoms with Crippen LogP contribution in [0.2, 0.25) is 0 Å². The van der Waals surface area contributed by atoms with Crippen LogP contribution in [0.5, 0.6) is 0 Å². The SMILES string of the molecule is Brc1nc(Sc2nnnn2-c2nccs2)sc1Br. The van der Waals surface area contributed by atoms with E-state index in [1.54, 1.807) is 10.9 Å². The number of thiazole rings is 2. The summed E-state index contributed by atoms with van der Waals surface area (Å²) in [6.45, 7) is 0. The predicted octanol–water partition coefficient (Wildman–Crippen LogP) is 3.25. The zero-order valence-corrected chi connectivity index (χ0v) is 13.9. The molecule has 0 aromatic carbocycles. The van der Waals surface area contributed by atoms with E-state index in [9.17, 15) is 0 Å². The molecule has 3 rings (SSSR count). The summed E-state index contributed by atoms with van der Waals surface area (Å²) in [6, 6.07) is 0.